The molecule has 0 heterocycles. The fourth-order valence-electron chi connectivity index (χ4n) is 2.95. The summed E-state index contributed by atoms with van der Waals surface area (Å²) in [5.41, 5.74) is 8.78. The Labute approximate surface area is 121 Å². The van der Waals surface area contributed by atoms with Crippen LogP contribution in [0.3, 0.4) is 0 Å². The Morgan fingerprint density at radius 2 is 2.20 bits per heavy atom. The molecule has 0 amide bonds. The molecule has 4 N–H and O–H groups in total. The Kier molecular flexibility index (Phi) is 5.40. The van der Waals surface area contributed by atoms with Crippen molar-refractivity contribution < 1.29 is 9.84 Å². The molecule has 0 saturated carbocycles. The van der Waals surface area contributed by atoms with Crippen LogP contribution in [0.2, 0.25) is 0 Å². The number of nitrogens with one attached hydrogen (secondary N) is 1. The zero-order valence-electron chi connectivity index (χ0n) is 12.3. The lowest BCUT2D eigenvalue weighted by Crippen LogP contribution is -2.55. The van der Waals surface area contributed by atoms with E-state index in [1.54, 1.807) is 7.11 Å². The monoisotopic (exact) mass is 278 g/mol. The Balaban J connectivity index is 2.05. The van der Waals surface area contributed by atoms with Crippen LogP contribution in [0.1, 0.15) is 30.4 Å². The van der Waals surface area contributed by atoms with Crippen LogP contribution >= 0.6 is 0 Å². The third-order valence-electron chi connectivity index (χ3n) is 4.29. The molecule has 0 fully saturated rings. The SMILES string of the molecule is COc1ccc2c(c1)CC(CN)(NCCCCO)CC2. The van der Waals surface area contributed by atoms with Crippen molar-refractivity contribution in [1.82, 2.24) is 5.32 Å². The third kappa shape index (κ3) is 3.51. The van der Waals surface area contributed by atoms with Gasteiger partial charge in [-0.05, 0) is 61.9 Å². The summed E-state index contributed by atoms with van der Waals surface area (Å²) in [6, 6.07) is 6.33. The molecule has 0 aromatic heterocycles. The van der Waals surface area contributed by atoms with Gasteiger partial charge in [-0.3, -0.25) is 0 Å². The lowest BCUT2D eigenvalue weighted by atomic mass is 9.77. The Morgan fingerprint density at radius 1 is 1.35 bits per heavy atom. The number of aryl methyl sites for hydroxylation is 1. The van der Waals surface area contributed by atoms with Gasteiger partial charge in [0.25, 0.3) is 0 Å². The van der Waals surface area contributed by atoms with E-state index in [-0.39, 0.29) is 12.1 Å². The lowest BCUT2D eigenvalue weighted by molar-refractivity contribution is 0.265. The zero-order valence-corrected chi connectivity index (χ0v) is 12.3. The molecule has 4 nitrogen and oxygen atoms in total. The van der Waals surface area contributed by atoms with Crippen LogP contribution in [0.15, 0.2) is 18.2 Å². The van der Waals surface area contributed by atoms with Gasteiger partial charge in [0.1, 0.15) is 5.75 Å². The molecule has 112 valence electrons. The Hall–Kier alpha value is -1.10. The quantitative estimate of drug-likeness (QED) is 0.657. The van der Waals surface area contributed by atoms with Gasteiger partial charge in [-0.25, -0.2) is 0 Å². The molecule has 1 unspecified atom stereocenters. The molecule has 1 aliphatic carbocycles. The molecular formula is C16H26N2O2. The number of nitrogens with two attached hydrogens (primary N) is 1. The summed E-state index contributed by atoms with van der Waals surface area (Å²) >= 11 is 0. The zero-order chi connectivity index (χ0) is 14.4. The second-order valence-electron chi connectivity index (χ2n) is 5.65. The van der Waals surface area contributed by atoms with Crippen LogP contribution in [-0.4, -0.2) is 37.5 Å². The van der Waals surface area contributed by atoms with Crippen molar-refractivity contribution in [3.8, 4) is 5.75 Å². The lowest BCUT2D eigenvalue weighted by Gasteiger charge is -2.38. The summed E-state index contributed by atoms with van der Waals surface area (Å²) in [6.07, 6.45) is 4.92. The first-order chi connectivity index (χ1) is 9.73. The van der Waals surface area contributed by atoms with Crippen molar-refractivity contribution in [3.63, 3.8) is 0 Å². The highest BCUT2D eigenvalue weighted by Crippen LogP contribution is 2.30. The van der Waals surface area contributed by atoms with Crippen LogP contribution in [0.5, 0.6) is 5.75 Å². The highest BCUT2D eigenvalue weighted by molar-refractivity contribution is 5.39. The second-order valence-corrected chi connectivity index (χ2v) is 5.65. The van der Waals surface area contributed by atoms with E-state index in [9.17, 15) is 0 Å². The smallest absolute Gasteiger partial charge is 0.119 e. The number of hydrogen-bond acceptors (Lipinski definition) is 4. The molecule has 20 heavy (non-hydrogen) atoms. The fraction of sp³-hybridized carbons (Fsp3) is 0.625. The van der Waals surface area contributed by atoms with Gasteiger partial charge < -0.3 is 20.9 Å². The maximum absolute atomic E-state index is 8.85. The second kappa shape index (κ2) is 7.07. The molecule has 0 spiro atoms. The van der Waals surface area contributed by atoms with E-state index < -0.39 is 0 Å². The fourth-order valence-corrected chi connectivity index (χ4v) is 2.95. The van der Waals surface area contributed by atoms with Gasteiger partial charge in [0.15, 0.2) is 0 Å². The van der Waals surface area contributed by atoms with E-state index in [0.717, 1.165) is 44.4 Å². The largest absolute Gasteiger partial charge is 0.497 e. The molecule has 1 aromatic carbocycles. The van der Waals surface area contributed by atoms with Crippen molar-refractivity contribution in [2.45, 2.75) is 37.6 Å². The van der Waals surface area contributed by atoms with Crippen LogP contribution in [0.25, 0.3) is 0 Å². The molecule has 0 saturated heterocycles. The number of aliphatic hydroxyl groups is 1. The topological polar surface area (TPSA) is 67.5 Å². The van der Waals surface area contributed by atoms with Crippen LogP contribution < -0.4 is 15.8 Å². The first-order valence-electron chi connectivity index (χ1n) is 7.45. The van der Waals surface area contributed by atoms with Gasteiger partial charge in [0.2, 0.25) is 0 Å². The van der Waals surface area contributed by atoms with Crippen molar-refractivity contribution in [3.05, 3.63) is 29.3 Å². The highest BCUT2D eigenvalue weighted by atomic mass is 16.5. The van der Waals surface area contributed by atoms with E-state index in [1.165, 1.54) is 11.1 Å². The van der Waals surface area contributed by atoms with E-state index >= 15 is 0 Å². The molecule has 2 rings (SSSR count). The summed E-state index contributed by atoms with van der Waals surface area (Å²) in [7, 11) is 1.70. The average Bonchev–Trinajstić information content (AvgIpc) is 2.50. The van der Waals surface area contributed by atoms with Gasteiger partial charge >= 0.3 is 0 Å². The normalized spacial score (nSPS) is 21.6. The molecule has 0 aliphatic heterocycles. The van der Waals surface area contributed by atoms with Gasteiger partial charge in [-0.1, -0.05) is 6.07 Å². The summed E-state index contributed by atoms with van der Waals surface area (Å²) in [6.45, 7) is 1.82. The summed E-state index contributed by atoms with van der Waals surface area (Å²) in [4.78, 5) is 0. The number of aliphatic hydroxyl groups excluding tert-OH is 1. The molecule has 0 bridgehead atoms. The van der Waals surface area contributed by atoms with E-state index in [1.807, 2.05) is 6.07 Å². The number of ether oxygens (including phenoxy) is 1. The summed E-state index contributed by atoms with van der Waals surface area (Å²) < 4.78 is 5.32. The number of benzene rings is 1. The molecular weight excluding hydrogens is 252 g/mol. The third-order valence-corrected chi connectivity index (χ3v) is 4.29. The Bertz CT molecular complexity index is 436. The van der Waals surface area contributed by atoms with Crippen molar-refractivity contribution >= 4 is 0 Å². The predicted octanol–water partition coefficient (Wildman–Crippen LogP) is 1.24. The van der Waals surface area contributed by atoms with Gasteiger partial charge in [0.05, 0.1) is 7.11 Å². The van der Waals surface area contributed by atoms with Crippen molar-refractivity contribution in [2.75, 3.05) is 26.8 Å². The molecule has 0 radical (unpaired) electrons. The first-order valence-corrected chi connectivity index (χ1v) is 7.45. The van der Waals surface area contributed by atoms with Crippen LogP contribution in [-0.2, 0) is 12.8 Å². The number of methoxy groups -OCH3 is 1. The Morgan fingerprint density at radius 3 is 2.90 bits per heavy atom. The molecule has 4 heteroatoms. The number of rotatable bonds is 7. The predicted molar refractivity (Wildman–Crippen MR) is 81.1 cm³/mol. The van der Waals surface area contributed by atoms with E-state index in [2.05, 4.69) is 17.4 Å². The van der Waals surface area contributed by atoms with Gasteiger partial charge in [-0.15, -0.1) is 0 Å². The molecule has 1 aromatic rings. The highest BCUT2D eigenvalue weighted by Gasteiger charge is 2.32. The average molecular weight is 278 g/mol. The maximum atomic E-state index is 8.85. The van der Waals surface area contributed by atoms with E-state index in [4.69, 9.17) is 15.6 Å². The number of fused-ring (bicyclic) bond motifs is 1. The van der Waals surface area contributed by atoms with Crippen LogP contribution in [0, 0.1) is 0 Å². The standard InChI is InChI=1S/C16H26N2O2/c1-20-15-5-4-13-6-7-16(12-17,11-14(13)10-15)18-8-2-3-9-19/h4-5,10,18-19H,2-3,6-9,11-12,17H2,1H3. The van der Waals surface area contributed by atoms with Gasteiger partial charge in [0, 0.05) is 18.7 Å². The molecule has 1 aliphatic rings. The molecule has 1 atom stereocenters. The summed E-state index contributed by atoms with van der Waals surface area (Å²) in [5.74, 6) is 0.914. The van der Waals surface area contributed by atoms with Crippen molar-refractivity contribution in [1.29, 1.82) is 0 Å². The van der Waals surface area contributed by atoms with Crippen molar-refractivity contribution in [2.24, 2.45) is 5.73 Å². The number of hydrogen-bond donors (Lipinski definition) is 3. The minimum Gasteiger partial charge on any atom is -0.497 e. The number of unbranched alkanes of at least 4 members (excludes halogenated alkanes) is 1. The summed E-state index contributed by atoms with van der Waals surface area (Å²) in [5, 5.41) is 12.5. The maximum Gasteiger partial charge on any atom is 0.119 e. The minimum absolute atomic E-state index is 0.00514. The van der Waals surface area contributed by atoms with Gasteiger partial charge in [-0.2, -0.15) is 0 Å². The van der Waals surface area contributed by atoms with E-state index in [0.29, 0.717) is 6.54 Å². The minimum atomic E-state index is -0.00514. The first kappa shape index (κ1) is 15.3. The van der Waals surface area contributed by atoms with Crippen LogP contribution in [0.4, 0.5) is 0 Å².